The molecule has 4 heteroatoms. The Balaban J connectivity index is 2.18. The van der Waals surface area contributed by atoms with Crippen LogP contribution in [0.2, 0.25) is 0 Å². The quantitative estimate of drug-likeness (QED) is 0.707. The summed E-state index contributed by atoms with van der Waals surface area (Å²) in [6.07, 6.45) is 3.31. The van der Waals surface area contributed by atoms with Crippen molar-refractivity contribution >= 4 is 5.90 Å². The van der Waals surface area contributed by atoms with Gasteiger partial charge in [0.1, 0.15) is 6.61 Å². The van der Waals surface area contributed by atoms with Crippen LogP contribution in [0.5, 0.6) is 0 Å². The molecule has 1 aliphatic rings. The lowest BCUT2D eigenvalue weighted by Gasteiger charge is -2.06. The van der Waals surface area contributed by atoms with E-state index < -0.39 is 0 Å². The molecule has 0 spiro atoms. The summed E-state index contributed by atoms with van der Waals surface area (Å²) in [5, 5.41) is 7.50. The minimum Gasteiger partial charge on any atom is -0.475 e. The molecule has 0 aromatic carbocycles. The highest BCUT2D eigenvalue weighted by atomic mass is 16.5. The fraction of sp³-hybridized carbons (Fsp3) is 0.500. The van der Waals surface area contributed by atoms with Gasteiger partial charge in [-0.15, -0.1) is 0 Å². The molecule has 0 radical (unpaired) electrons. The first-order chi connectivity index (χ1) is 6.77. The van der Waals surface area contributed by atoms with Crippen LogP contribution in [-0.2, 0) is 4.74 Å². The molecule has 0 amide bonds. The Hall–Kier alpha value is -1.45. The van der Waals surface area contributed by atoms with E-state index in [0.29, 0.717) is 18.4 Å². The van der Waals surface area contributed by atoms with Crippen LogP contribution in [0.1, 0.15) is 19.4 Å². The van der Waals surface area contributed by atoms with Gasteiger partial charge < -0.3 is 4.74 Å². The molecule has 1 aromatic heterocycles. The lowest BCUT2D eigenvalue weighted by molar-refractivity contribution is 0.292. The molecule has 14 heavy (non-hydrogen) atoms. The molecule has 74 valence electrons. The van der Waals surface area contributed by atoms with E-state index in [1.54, 1.807) is 12.4 Å². The normalized spacial score (nSPS) is 20.8. The SMILES string of the molecule is CC(C)C1COC(c2ccnnc2)=N1. The summed E-state index contributed by atoms with van der Waals surface area (Å²) in [6, 6.07) is 2.13. The Bertz CT molecular complexity index is 334. The van der Waals surface area contributed by atoms with Gasteiger partial charge >= 0.3 is 0 Å². The van der Waals surface area contributed by atoms with E-state index >= 15 is 0 Å². The van der Waals surface area contributed by atoms with Crippen molar-refractivity contribution in [2.75, 3.05) is 6.61 Å². The van der Waals surface area contributed by atoms with Crippen molar-refractivity contribution in [1.82, 2.24) is 10.2 Å². The van der Waals surface area contributed by atoms with E-state index in [-0.39, 0.29) is 6.04 Å². The van der Waals surface area contributed by atoms with Crippen LogP contribution >= 0.6 is 0 Å². The number of aromatic nitrogens is 2. The third kappa shape index (κ3) is 1.73. The van der Waals surface area contributed by atoms with Crippen molar-refractivity contribution in [3.05, 3.63) is 24.0 Å². The minimum atomic E-state index is 0.276. The van der Waals surface area contributed by atoms with Crippen LogP contribution in [-0.4, -0.2) is 28.7 Å². The van der Waals surface area contributed by atoms with Crippen molar-refractivity contribution in [3.63, 3.8) is 0 Å². The average Bonchev–Trinajstić information content (AvgIpc) is 2.68. The van der Waals surface area contributed by atoms with Crippen molar-refractivity contribution in [3.8, 4) is 0 Å². The molecule has 2 heterocycles. The molecular weight excluding hydrogens is 178 g/mol. The lowest BCUT2D eigenvalue weighted by Crippen LogP contribution is -2.13. The van der Waals surface area contributed by atoms with Crippen molar-refractivity contribution in [2.45, 2.75) is 19.9 Å². The molecule has 1 unspecified atom stereocenters. The van der Waals surface area contributed by atoms with Crippen LogP contribution < -0.4 is 0 Å². The van der Waals surface area contributed by atoms with Crippen molar-refractivity contribution < 1.29 is 4.74 Å². The van der Waals surface area contributed by atoms with Crippen LogP contribution in [0.15, 0.2) is 23.5 Å². The molecule has 0 N–H and O–H groups in total. The Morgan fingerprint density at radius 2 is 2.29 bits per heavy atom. The van der Waals surface area contributed by atoms with E-state index in [1.165, 1.54) is 0 Å². The van der Waals surface area contributed by atoms with E-state index in [0.717, 1.165) is 5.56 Å². The van der Waals surface area contributed by atoms with Crippen LogP contribution in [0, 0.1) is 5.92 Å². The van der Waals surface area contributed by atoms with Gasteiger partial charge in [0.25, 0.3) is 0 Å². The summed E-state index contributed by atoms with van der Waals surface area (Å²) in [5.74, 6) is 1.21. The van der Waals surface area contributed by atoms with Gasteiger partial charge in [-0.1, -0.05) is 13.8 Å². The standard InChI is InChI=1S/C10H13N3O/c1-7(2)9-6-14-10(13-9)8-3-4-11-12-5-8/h3-5,7,9H,6H2,1-2H3. The molecular formula is C10H13N3O. The summed E-state index contributed by atoms with van der Waals surface area (Å²) in [7, 11) is 0. The number of ether oxygens (including phenoxy) is 1. The predicted molar refractivity (Wildman–Crippen MR) is 53.1 cm³/mol. The van der Waals surface area contributed by atoms with E-state index in [1.807, 2.05) is 6.07 Å². The first-order valence-electron chi connectivity index (χ1n) is 4.75. The minimum absolute atomic E-state index is 0.276. The largest absolute Gasteiger partial charge is 0.475 e. The maximum Gasteiger partial charge on any atom is 0.218 e. The summed E-state index contributed by atoms with van der Waals surface area (Å²) in [5.41, 5.74) is 0.906. The van der Waals surface area contributed by atoms with Gasteiger partial charge in [0.2, 0.25) is 5.90 Å². The van der Waals surface area contributed by atoms with Gasteiger partial charge in [0.15, 0.2) is 0 Å². The molecule has 0 bridgehead atoms. The first kappa shape index (κ1) is 9.12. The highest BCUT2D eigenvalue weighted by Crippen LogP contribution is 2.16. The average molecular weight is 191 g/mol. The molecule has 0 saturated carbocycles. The number of aliphatic imine (C=N–C) groups is 1. The number of hydrogen-bond donors (Lipinski definition) is 0. The first-order valence-corrected chi connectivity index (χ1v) is 4.75. The van der Waals surface area contributed by atoms with E-state index in [9.17, 15) is 0 Å². The maximum absolute atomic E-state index is 5.50. The lowest BCUT2D eigenvalue weighted by atomic mass is 10.1. The summed E-state index contributed by atoms with van der Waals surface area (Å²) < 4.78 is 5.50. The van der Waals surface area contributed by atoms with Crippen LogP contribution in [0.25, 0.3) is 0 Å². The van der Waals surface area contributed by atoms with Crippen LogP contribution in [0.3, 0.4) is 0 Å². The molecule has 4 nitrogen and oxygen atoms in total. The molecule has 0 saturated heterocycles. The highest BCUT2D eigenvalue weighted by molar-refractivity contribution is 5.94. The van der Waals surface area contributed by atoms with Crippen LogP contribution in [0.4, 0.5) is 0 Å². The molecule has 0 fully saturated rings. The fourth-order valence-electron chi connectivity index (χ4n) is 1.31. The summed E-state index contributed by atoms with van der Waals surface area (Å²) in [4.78, 5) is 4.48. The number of rotatable bonds is 2. The second kappa shape index (κ2) is 3.74. The molecule has 1 aliphatic heterocycles. The zero-order valence-corrected chi connectivity index (χ0v) is 8.34. The predicted octanol–water partition coefficient (Wildman–Crippen LogP) is 1.28. The summed E-state index contributed by atoms with van der Waals surface area (Å²) in [6.45, 7) is 4.96. The van der Waals surface area contributed by atoms with Gasteiger partial charge in [-0.25, -0.2) is 4.99 Å². The van der Waals surface area contributed by atoms with E-state index in [2.05, 4.69) is 29.0 Å². The zero-order valence-electron chi connectivity index (χ0n) is 8.34. The van der Waals surface area contributed by atoms with Gasteiger partial charge in [-0.05, 0) is 12.0 Å². The number of nitrogens with zero attached hydrogens (tertiary/aromatic N) is 3. The Morgan fingerprint density at radius 1 is 1.43 bits per heavy atom. The second-order valence-electron chi connectivity index (χ2n) is 3.69. The monoisotopic (exact) mass is 191 g/mol. The van der Waals surface area contributed by atoms with Gasteiger partial charge in [-0.2, -0.15) is 10.2 Å². The zero-order chi connectivity index (χ0) is 9.97. The molecule has 1 aromatic rings. The Morgan fingerprint density at radius 3 is 2.86 bits per heavy atom. The van der Waals surface area contributed by atoms with Gasteiger partial charge in [-0.3, -0.25) is 0 Å². The highest BCUT2D eigenvalue weighted by Gasteiger charge is 2.22. The fourth-order valence-corrected chi connectivity index (χ4v) is 1.31. The second-order valence-corrected chi connectivity index (χ2v) is 3.69. The topological polar surface area (TPSA) is 47.4 Å². The third-order valence-electron chi connectivity index (χ3n) is 2.27. The molecule has 0 aliphatic carbocycles. The van der Waals surface area contributed by atoms with Gasteiger partial charge in [0.05, 0.1) is 24.0 Å². The van der Waals surface area contributed by atoms with Crippen molar-refractivity contribution in [2.24, 2.45) is 10.9 Å². The van der Waals surface area contributed by atoms with Crippen molar-refractivity contribution in [1.29, 1.82) is 0 Å². The summed E-state index contributed by atoms with van der Waals surface area (Å²) >= 11 is 0. The Kier molecular flexibility index (Phi) is 2.43. The third-order valence-corrected chi connectivity index (χ3v) is 2.27. The molecule has 1 atom stereocenters. The Labute approximate surface area is 83.0 Å². The van der Waals surface area contributed by atoms with E-state index in [4.69, 9.17) is 4.74 Å². The number of hydrogen-bond acceptors (Lipinski definition) is 4. The molecule has 2 rings (SSSR count). The van der Waals surface area contributed by atoms with Gasteiger partial charge in [0, 0.05) is 0 Å². The smallest absolute Gasteiger partial charge is 0.218 e. The maximum atomic E-state index is 5.50.